The first kappa shape index (κ1) is 15.5. The highest BCUT2D eigenvalue weighted by atomic mass is 35.5. The molecule has 0 bridgehead atoms. The molecule has 0 spiro atoms. The van der Waals surface area contributed by atoms with Gasteiger partial charge in [0.05, 0.1) is 0 Å². The van der Waals surface area contributed by atoms with Crippen molar-refractivity contribution in [3.8, 4) is 0 Å². The molecule has 3 nitrogen and oxygen atoms in total. The van der Waals surface area contributed by atoms with Gasteiger partial charge in [-0.3, -0.25) is 4.98 Å². The lowest BCUT2D eigenvalue weighted by molar-refractivity contribution is 0.432. The van der Waals surface area contributed by atoms with Crippen LogP contribution in [0.3, 0.4) is 0 Å². The lowest BCUT2D eigenvalue weighted by atomic mass is 10.1. The van der Waals surface area contributed by atoms with Crippen LogP contribution in [-0.4, -0.2) is 30.2 Å². The van der Waals surface area contributed by atoms with E-state index in [1.807, 2.05) is 12.4 Å². The highest BCUT2D eigenvalue weighted by Crippen LogP contribution is 2.20. The van der Waals surface area contributed by atoms with Crippen molar-refractivity contribution in [1.82, 2.24) is 10.3 Å². The van der Waals surface area contributed by atoms with Crippen LogP contribution in [0.2, 0.25) is 0 Å². The molecule has 0 amide bonds. The Labute approximate surface area is 109 Å². The van der Waals surface area contributed by atoms with Crippen molar-refractivity contribution in [2.75, 3.05) is 18.0 Å². The van der Waals surface area contributed by atoms with E-state index in [2.05, 4.69) is 41.2 Å². The number of hydrogen-bond donors (Lipinski definition) is 1. The lowest BCUT2D eigenvalue weighted by Crippen LogP contribution is -2.55. The summed E-state index contributed by atoms with van der Waals surface area (Å²) in [6, 6.07) is 5.28. The zero-order chi connectivity index (χ0) is 9.97. The van der Waals surface area contributed by atoms with Gasteiger partial charge < -0.3 is 10.2 Å². The molecule has 1 aromatic heterocycles. The molecule has 0 saturated carbocycles. The van der Waals surface area contributed by atoms with E-state index < -0.39 is 0 Å². The van der Waals surface area contributed by atoms with Crippen LogP contribution in [0.15, 0.2) is 24.5 Å². The number of pyridine rings is 1. The Morgan fingerprint density at radius 2 is 1.62 bits per heavy atom. The van der Waals surface area contributed by atoms with Gasteiger partial charge in [-0.25, -0.2) is 0 Å². The molecule has 0 aromatic carbocycles. The molecular weight excluding hydrogens is 245 g/mol. The van der Waals surface area contributed by atoms with Crippen LogP contribution >= 0.6 is 24.8 Å². The van der Waals surface area contributed by atoms with Crippen LogP contribution in [-0.2, 0) is 0 Å². The van der Waals surface area contributed by atoms with Crippen molar-refractivity contribution < 1.29 is 0 Å². The lowest BCUT2D eigenvalue weighted by Gasteiger charge is -2.41. The predicted octanol–water partition coefficient (Wildman–Crippen LogP) is 2.11. The Balaban J connectivity index is 0.00000112. The van der Waals surface area contributed by atoms with Crippen molar-refractivity contribution in [2.24, 2.45) is 0 Å². The van der Waals surface area contributed by atoms with E-state index in [1.54, 1.807) is 0 Å². The number of halogens is 2. The first-order chi connectivity index (χ1) is 6.79. The zero-order valence-electron chi connectivity index (χ0n) is 9.59. The summed E-state index contributed by atoms with van der Waals surface area (Å²) in [6.45, 7) is 6.63. The molecule has 1 saturated heterocycles. The summed E-state index contributed by atoms with van der Waals surface area (Å²) in [5, 5.41) is 3.43. The molecule has 2 rings (SSSR count). The van der Waals surface area contributed by atoms with E-state index in [0.29, 0.717) is 12.1 Å². The molecule has 1 aliphatic heterocycles. The number of rotatable bonds is 1. The Hall–Kier alpha value is -0.510. The van der Waals surface area contributed by atoms with Crippen molar-refractivity contribution >= 4 is 30.5 Å². The average molecular weight is 264 g/mol. The average Bonchev–Trinajstić information content (AvgIpc) is 2.19. The quantitative estimate of drug-likeness (QED) is 0.842. The summed E-state index contributed by atoms with van der Waals surface area (Å²) in [5.74, 6) is 0. The minimum absolute atomic E-state index is 0. The Bertz CT molecular complexity index is 285. The highest BCUT2D eigenvalue weighted by Gasteiger charge is 2.24. The zero-order valence-corrected chi connectivity index (χ0v) is 11.2. The van der Waals surface area contributed by atoms with Gasteiger partial charge in [-0.15, -0.1) is 24.8 Å². The molecule has 0 aliphatic carbocycles. The van der Waals surface area contributed by atoms with Gasteiger partial charge in [0.15, 0.2) is 0 Å². The molecule has 1 aromatic rings. The third-order valence-corrected chi connectivity index (χ3v) is 2.79. The van der Waals surface area contributed by atoms with E-state index in [4.69, 9.17) is 0 Å². The molecule has 16 heavy (non-hydrogen) atoms. The first-order valence-electron chi connectivity index (χ1n) is 5.18. The molecule has 1 fully saturated rings. The van der Waals surface area contributed by atoms with Crippen molar-refractivity contribution in [3.63, 3.8) is 0 Å². The Morgan fingerprint density at radius 1 is 1.12 bits per heavy atom. The van der Waals surface area contributed by atoms with Gasteiger partial charge in [-0.05, 0) is 26.0 Å². The monoisotopic (exact) mass is 263 g/mol. The van der Waals surface area contributed by atoms with E-state index in [0.717, 1.165) is 13.1 Å². The van der Waals surface area contributed by atoms with E-state index >= 15 is 0 Å². The molecule has 1 N–H and O–H groups in total. The highest BCUT2D eigenvalue weighted by molar-refractivity contribution is 5.85. The normalized spacial score (nSPS) is 24.2. The van der Waals surface area contributed by atoms with E-state index in [-0.39, 0.29) is 24.8 Å². The number of nitrogens with zero attached hydrogens (tertiary/aromatic N) is 2. The first-order valence-corrected chi connectivity index (χ1v) is 5.18. The number of anilines is 1. The van der Waals surface area contributed by atoms with Crippen molar-refractivity contribution in [3.05, 3.63) is 24.5 Å². The van der Waals surface area contributed by atoms with Crippen LogP contribution in [0.25, 0.3) is 0 Å². The standard InChI is InChI=1S/C11H17N3.2ClH/c1-9-7-13-8-10(2)14(9)11-3-5-12-6-4-11;;/h3-6,9-10,13H,7-8H2,1-2H3;2*1H/t9-,10+;;. The summed E-state index contributed by atoms with van der Waals surface area (Å²) in [5.41, 5.74) is 1.28. The third-order valence-electron chi connectivity index (χ3n) is 2.79. The van der Waals surface area contributed by atoms with E-state index in [1.165, 1.54) is 5.69 Å². The molecule has 5 heteroatoms. The van der Waals surface area contributed by atoms with Crippen molar-refractivity contribution in [1.29, 1.82) is 0 Å². The molecule has 1 aliphatic rings. The summed E-state index contributed by atoms with van der Waals surface area (Å²) < 4.78 is 0. The summed E-state index contributed by atoms with van der Waals surface area (Å²) in [7, 11) is 0. The minimum atomic E-state index is 0. The van der Waals surface area contributed by atoms with Gasteiger partial charge in [0.2, 0.25) is 0 Å². The second kappa shape index (κ2) is 6.94. The van der Waals surface area contributed by atoms with Gasteiger partial charge in [0.1, 0.15) is 0 Å². The smallest absolute Gasteiger partial charge is 0.0402 e. The molecule has 0 radical (unpaired) electrons. The van der Waals surface area contributed by atoms with Gasteiger partial charge in [0.25, 0.3) is 0 Å². The molecule has 2 atom stereocenters. The summed E-state index contributed by atoms with van der Waals surface area (Å²) in [6.07, 6.45) is 3.72. The fourth-order valence-corrected chi connectivity index (χ4v) is 2.16. The van der Waals surface area contributed by atoms with Gasteiger partial charge in [-0.1, -0.05) is 0 Å². The number of nitrogens with one attached hydrogen (secondary N) is 1. The van der Waals surface area contributed by atoms with Gasteiger partial charge in [0, 0.05) is 43.3 Å². The van der Waals surface area contributed by atoms with Crippen LogP contribution < -0.4 is 10.2 Å². The van der Waals surface area contributed by atoms with E-state index in [9.17, 15) is 0 Å². The number of hydrogen-bond acceptors (Lipinski definition) is 3. The predicted molar refractivity (Wildman–Crippen MR) is 73.0 cm³/mol. The fraction of sp³-hybridized carbons (Fsp3) is 0.545. The summed E-state index contributed by atoms with van der Waals surface area (Å²) in [4.78, 5) is 6.50. The summed E-state index contributed by atoms with van der Waals surface area (Å²) >= 11 is 0. The number of aromatic nitrogens is 1. The maximum Gasteiger partial charge on any atom is 0.0402 e. The Morgan fingerprint density at radius 3 is 2.12 bits per heavy atom. The molecular formula is C11H19Cl2N3. The second-order valence-corrected chi connectivity index (χ2v) is 3.97. The minimum Gasteiger partial charge on any atom is -0.363 e. The Kier molecular flexibility index (Phi) is 6.72. The molecule has 2 heterocycles. The largest absolute Gasteiger partial charge is 0.363 e. The third kappa shape index (κ3) is 3.24. The maximum atomic E-state index is 4.05. The van der Waals surface area contributed by atoms with Crippen LogP contribution in [0, 0.1) is 0 Å². The van der Waals surface area contributed by atoms with Crippen LogP contribution in [0.4, 0.5) is 5.69 Å². The van der Waals surface area contributed by atoms with Gasteiger partial charge in [-0.2, -0.15) is 0 Å². The maximum absolute atomic E-state index is 4.05. The topological polar surface area (TPSA) is 28.2 Å². The molecule has 92 valence electrons. The fourth-order valence-electron chi connectivity index (χ4n) is 2.16. The SMILES string of the molecule is C[C@@H]1CNC[C@H](C)N1c1ccncc1.Cl.Cl. The van der Waals surface area contributed by atoms with Gasteiger partial charge >= 0.3 is 0 Å². The van der Waals surface area contributed by atoms with Crippen molar-refractivity contribution in [2.45, 2.75) is 25.9 Å². The van der Waals surface area contributed by atoms with Crippen LogP contribution in [0.5, 0.6) is 0 Å². The number of piperazine rings is 1. The van der Waals surface area contributed by atoms with Crippen LogP contribution in [0.1, 0.15) is 13.8 Å². The molecule has 0 unspecified atom stereocenters. The second-order valence-electron chi connectivity index (χ2n) is 3.97.